The highest BCUT2D eigenvalue weighted by molar-refractivity contribution is 5.95. The van der Waals surface area contributed by atoms with Gasteiger partial charge in [0.15, 0.2) is 11.6 Å². The molecule has 0 aliphatic carbocycles. The summed E-state index contributed by atoms with van der Waals surface area (Å²) >= 11 is 0. The number of nitrogens with zero attached hydrogens (tertiary/aromatic N) is 1. The van der Waals surface area contributed by atoms with E-state index in [0.717, 1.165) is 23.2 Å². The molecule has 1 aliphatic rings. The molecule has 1 aliphatic heterocycles. The van der Waals surface area contributed by atoms with Gasteiger partial charge in [0.05, 0.1) is 30.2 Å². The fourth-order valence-electron chi connectivity index (χ4n) is 3.71. The minimum Gasteiger partial charge on any atom is -0.373 e. The van der Waals surface area contributed by atoms with Crippen LogP contribution in [0.4, 0.5) is 22.0 Å². The summed E-state index contributed by atoms with van der Waals surface area (Å²) in [6.07, 6.45) is -4.12. The SMILES string of the molecule is CN(C(=O)c1c[nH]c(=O)c(C(F)(F)F)c1)C1COCc2[nH]c(=O)c3cc(F)c(F)cc3c21. The first-order valence-electron chi connectivity index (χ1n) is 9.17. The van der Waals surface area contributed by atoms with Crippen LogP contribution in [0.2, 0.25) is 0 Å². The number of fused-ring (bicyclic) bond motifs is 3. The molecule has 4 rings (SSSR count). The van der Waals surface area contributed by atoms with E-state index in [2.05, 4.69) is 4.98 Å². The lowest BCUT2D eigenvalue weighted by Gasteiger charge is -2.34. The van der Waals surface area contributed by atoms with E-state index in [9.17, 15) is 36.3 Å². The second-order valence-electron chi connectivity index (χ2n) is 7.23. The van der Waals surface area contributed by atoms with Crippen molar-refractivity contribution in [2.24, 2.45) is 0 Å². The number of pyridine rings is 2. The quantitative estimate of drug-likeness (QED) is 0.581. The third-order valence-electron chi connectivity index (χ3n) is 5.28. The van der Waals surface area contributed by atoms with Crippen LogP contribution in [0, 0.1) is 11.6 Å². The first-order valence-corrected chi connectivity index (χ1v) is 9.17. The number of rotatable bonds is 2. The number of halogens is 5. The van der Waals surface area contributed by atoms with Crippen LogP contribution in [-0.2, 0) is 17.5 Å². The fraction of sp³-hybridized carbons (Fsp3) is 0.250. The number of nitrogens with one attached hydrogen (secondary N) is 2. The van der Waals surface area contributed by atoms with Crippen molar-refractivity contribution in [1.82, 2.24) is 14.9 Å². The van der Waals surface area contributed by atoms with Gasteiger partial charge in [0.2, 0.25) is 0 Å². The van der Waals surface area contributed by atoms with Crippen molar-refractivity contribution < 1.29 is 31.5 Å². The lowest BCUT2D eigenvalue weighted by Crippen LogP contribution is -2.38. The van der Waals surface area contributed by atoms with E-state index in [1.54, 1.807) is 0 Å². The number of likely N-dealkylation sites (N-methyl/N-ethyl adjacent to an activating group) is 1. The molecule has 3 heterocycles. The van der Waals surface area contributed by atoms with E-state index in [1.165, 1.54) is 7.05 Å². The number of alkyl halides is 3. The van der Waals surface area contributed by atoms with Crippen molar-refractivity contribution in [2.45, 2.75) is 18.8 Å². The number of ether oxygens (including phenoxy) is 1. The summed E-state index contributed by atoms with van der Waals surface area (Å²) in [7, 11) is 1.28. The van der Waals surface area contributed by atoms with Crippen molar-refractivity contribution in [2.75, 3.05) is 13.7 Å². The molecule has 0 saturated carbocycles. The number of aromatic amines is 2. The standard InChI is InChI=1S/C20H14F5N3O4/c1-28(19(31)8-2-11(20(23,24)25)18(30)26-5-8)15-7-32-6-14-16(15)9-3-12(21)13(22)4-10(9)17(29)27-14/h2-5,15H,6-7H2,1H3,(H,26,30)(H,27,29). The normalized spacial score (nSPS) is 16.1. The molecule has 32 heavy (non-hydrogen) atoms. The van der Waals surface area contributed by atoms with Gasteiger partial charge >= 0.3 is 6.18 Å². The Morgan fingerprint density at radius 3 is 2.41 bits per heavy atom. The van der Waals surface area contributed by atoms with Crippen molar-refractivity contribution >= 4 is 16.7 Å². The molecule has 2 aromatic heterocycles. The van der Waals surface area contributed by atoms with Gasteiger partial charge < -0.3 is 19.6 Å². The topological polar surface area (TPSA) is 95.3 Å². The van der Waals surface area contributed by atoms with E-state index in [1.807, 2.05) is 4.98 Å². The Morgan fingerprint density at radius 1 is 1.09 bits per heavy atom. The first-order chi connectivity index (χ1) is 15.0. The lowest BCUT2D eigenvalue weighted by molar-refractivity contribution is -0.138. The zero-order valence-electron chi connectivity index (χ0n) is 16.3. The second kappa shape index (κ2) is 7.55. The molecular weight excluding hydrogens is 441 g/mol. The van der Waals surface area contributed by atoms with Gasteiger partial charge in [0.1, 0.15) is 5.56 Å². The van der Waals surface area contributed by atoms with Crippen molar-refractivity contribution in [3.05, 3.63) is 79.1 Å². The van der Waals surface area contributed by atoms with Gasteiger partial charge in [-0.05, 0) is 23.6 Å². The van der Waals surface area contributed by atoms with E-state index in [0.29, 0.717) is 6.07 Å². The van der Waals surface area contributed by atoms with Crippen LogP contribution in [0.5, 0.6) is 0 Å². The lowest BCUT2D eigenvalue weighted by atomic mass is 9.95. The molecule has 12 heteroatoms. The van der Waals surface area contributed by atoms with Gasteiger partial charge in [-0.25, -0.2) is 8.78 Å². The summed E-state index contributed by atoms with van der Waals surface area (Å²) in [5.74, 6) is -3.33. The smallest absolute Gasteiger partial charge is 0.373 e. The highest BCUT2D eigenvalue weighted by Gasteiger charge is 2.36. The zero-order chi connectivity index (χ0) is 23.4. The van der Waals surface area contributed by atoms with Gasteiger partial charge in [-0.2, -0.15) is 13.2 Å². The second-order valence-corrected chi connectivity index (χ2v) is 7.23. The van der Waals surface area contributed by atoms with Crippen molar-refractivity contribution in [3.8, 4) is 0 Å². The number of benzene rings is 1. The summed E-state index contributed by atoms with van der Waals surface area (Å²) in [5, 5.41) is -0.105. The van der Waals surface area contributed by atoms with Crippen molar-refractivity contribution in [1.29, 1.82) is 0 Å². The van der Waals surface area contributed by atoms with Gasteiger partial charge in [-0.3, -0.25) is 14.4 Å². The predicted octanol–water partition coefficient (Wildman–Crippen LogP) is 2.86. The minimum absolute atomic E-state index is 0.0491. The highest BCUT2D eigenvalue weighted by Crippen LogP contribution is 2.34. The summed E-state index contributed by atoms with van der Waals surface area (Å²) in [6.45, 7) is -0.195. The Morgan fingerprint density at radius 2 is 1.75 bits per heavy atom. The number of carbonyl (C=O) groups is 1. The third kappa shape index (κ3) is 3.55. The maximum Gasteiger partial charge on any atom is 0.421 e. The molecule has 1 aromatic carbocycles. The largest absolute Gasteiger partial charge is 0.421 e. The molecule has 0 radical (unpaired) electrons. The molecule has 168 valence electrons. The summed E-state index contributed by atoms with van der Waals surface area (Å²) < 4.78 is 72.2. The van der Waals surface area contributed by atoms with Crippen LogP contribution in [0.25, 0.3) is 10.8 Å². The molecule has 7 nitrogen and oxygen atoms in total. The monoisotopic (exact) mass is 455 g/mol. The van der Waals surface area contributed by atoms with Crippen LogP contribution in [0.1, 0.15) is 33.2 Å². The van der Waals surface area contributed by atoms with Crippen LogP contribution in [-0.4, -0.2) is 34.4 Å². The van der Waals surface area contributed by atoms with Crippen LogP contribution in [0.3, 0.4) is 0 Å². The third-order valence-corrected chi connectivity index (χ3v) is 5.28. The van der Waals surface area contributed by atoms with E-state index >= 15 is 0 Å². The Labute approximate surface area is 175 Å². The minimum atomic E-state index is -4.97. The summed E-state index contributed by atoms with van der Waals surface area (Å²) in [4.78, 5) is 42.2. The van der Waals surface area contributed by atoms with Crippen molar-refractivity contribution in [3.63, 3.8) is 0 Å². The molecule has 3 aromatic rings. The number of carbonyl (C=O) groups excluding carboxylic acids is 1. The number of aromatic nitrogens is 2. The van der Waals surface area contributed by atoms with Crippen LogP contribution >= 0.6 is 0 Å². The number of amides is 1. The van der Waals surface area contributed by atoms with Gasteiger partial charge in [0, 0.05) is 24.5 Å². The molecule has 1 unspecified atom stereocenters. The van der Waals surface area contributed by atoms with Crippen LogP contribution in [0.15, 0.2) is 34.0 Å². The molecule has 1 atom stereocenters. The Bertz CT molecular complexity index is 1360. The summed E-state index contributed by atoms with van der Waals surface area (Å²) in [6, 6.07) is 1.05. The van der Waals surface area contributed by atoms with Gasteiger partial charge in [-0.15, -0.1) is 0 Å². The summed E-state index contributed by atoms with van der Waals surface area (Å²) in [5.41, 5.74) is -3.57. The van der Waals surface area contributed by atoms with Crippen LogP contribution < -0.4 is 11.1 Å². The molecule has 1 amide bonds. The maximum atomic E-state index is 14.0. The average Bonchev–Trinajstić information content (AvgIpc) is 2.73. The molecular formula is C20H14F5N3O4. The number of hydrogen-bond donors (Lipinski definition) is 2. The molecule has 2 N–H and O–H groups in total. The van der Waals surface area contributed by atoms with E-state index < -0.39 is 52.0 Å². The Hall–Kier alpha value is -3.54. The van der Waals surface area contributed by atoms with Gasteiger partial charge in [0.25, 0.3) is 17.0 Å². The number of H-pyrrole nitrogens is 2. The molecule has 0 fully saturated rings. The Balaban J connectivity index is 1.82. The van der Waals surface area contributed by atoms with E-state index in [4.69, 9.17) is 4.74 Å². The molecule has 0 bridgehead atoms. The Kier molecular flexibility index (Phi) is 5.12. The zero-order valence-corrected chi connectivity index (χ0v) is 16.3. The molecule has 0 spiro atoms. The average molecular weight is 455 g/mol. The maximum absolute atomic E-state index is 14.0. The van der Waals surface area contributed by atoms with E-state index in [-0.39, 0.29) is 35.2 Å². The highest BCUT2D eigenvalue weighted by atomic mass is 19.4. The van der Waals surface area contributed by atoms with Gasteiger partial charge in [-0.1, -0.05) is 0 Å². The number of hydrogen-bond acceptors (Lipinski definition) is 4. The predicted molar refractivity (Wildman–Crippen MR) is 101 cm³/mol. The molecule has 0 saturated heterocycles. The first kappa shape index (κ1) is 21.7. The fourth-order valence-corrected chi connectivity index (χ4v) is 3.71.